The van der Waals surface area contributed by atoms with Crippen LogP contribution in [0.25, 0.3) is 5.52 Å². The summed E-state index contributed by atoms with van der Waals surface area (Å²) in [4.78, 5) is 29.4. The Morgan fingerprint density at radius 2 is 1.88 bits per heavy atom. The minimum atomic E-state index is -0.556. The van der Waals surface area contributed by atoms with Gasteiger partial charge in [-0.2, -0.15) is 0 Å². The molecule has 3 rings (SSSR count). The van der Waals surface area contributed by atoms with Crippen LogP contribution in [0.2, 0.25) is 0 Å². The summed E-state index contributed by atoms with van der Waals surface area (Å²) in [5, 5.41) is 0. The summed E-state index contributed by atoms with van der Waals surface area (Å²) in [6.07, 6.45) is 2.51. The van der Waals surface area contributed by atoms with E-state index in [0.717, 1.165) is 49.4 Å². The third-order valence-corrected chi connectivity index (χ3v) is 4.78. The second-order valence-corrected chi connectivity index (χ2v) is 6.39. The quantitative estimate of drug-likeness (QED) is 0.792. The molecule has 134 valence electrons. The molecule has 1 aliphatic heterocycles. The second-order valence-electron chi connectivity index (χ2n) is 6.39. The molecule has 1 aliphatic rings. The number of fused-ring (bicyclic) bond motifs is 1. The van der Waals surface area contributed by atoms with Crippen LogP contribution in [0.15, 0.2) is 29.2 Å². The summed E-state index contributed by atoms with van der Waals surface area (Å²) in [6, 6.07) is 5.69. The molecular weight excluding hydrogens is 318 g/mol. The van der Waals surface area contributed by atoms with Crippen molar-refractivity contribution in [1.82, 2.24) is 9.30 Å². The lowest BCUT2D eigenvalue weighted by Gasteiger charge is -2.34. The molecule has 0 bridgehead atoms. The normalized spacial score (nSPS) is 15.6. The van der Waals surface area contributed by atoms with E-state index in [1.165, 1.54) is 0 Å². The zero-order valence-corrected chi connectivity index (χ0v) is 15.1. The van der Waals surface area contributed by atoms with E-state index in [0.29, 0.717) is 0 Å². The molecule has 6 nitrogen and oxygen atoms in total. The van der Waals surface area contributed by atoms with Crippen molar-refractivity contribution in [2.24, 2.45) is 0 Å². The van der Waals surface area contributed by atoms with Crippen molar-refractivity contribution in [3.05, 3.63) is 45.9 Å². The molecule has 1 saturated heterocycles. The predicted molar refractivity (Wildman–Crippen MR) is 98.7 cm³/mol. The van der Waals surface area contributed by atoms with Gasteiger partial charge in [0.25, 0.3) is 5.56 Å². The Kier molecular flexibility index (Phi) is 5.08. The summed E-state index contributed by atoms with van der Waals surface area (Å²) in [7, 11) is 2.13. The lowest BCUT2D eigenvalue weighted by Crippen LogP contribution is -2.44. The summed E-state index contributed by atoms with van der Waals surface area (Å²) >= 11 is 0. The molecule has 0 aromatic carbocycles. The highest BCUT2D eigenvalue weighted by Gasteiger charge is 2.18. The number of piperazine rings is 1. The number of nitrogens with zero attached hydrogens (tertiary/aromatic N) is 3. The van der Waals surface area contributed by atoms with E-state index in [2.05, 4.69) is 22.9 Å². The van der Waals surface area contributed by atoms with Crippen molar-refractivity contribution >= 4 is 17.2 Å². The number of hydrogen-bond donors (Lipinski definition) is 0. The lowest BCUT2D eigenvalue weighted by molar-refractivity contribution is 0.0524. The summed E-state index contributed by atoms with van der Waals surface area (Å²) < 4.78 is 6.58. The maximum atomic E-state index is 12.7. The molecule has 0 amide bonds. The first-order valence-corrected chi connectivity index (χ1v) is 8.84. The highest BCUT2D eigenvalue weighted by molar-refractivity contribution is 5.90. The Balaban J connectivity index is 2.06. The molecule has 0 atom stereocenters. The van der Waals surface area contributed by atoms with E-state index < -0.39 is 5.97 Å². The van der Waals surface area contributed by atoms with E-state index in [4.69, 9.17) is 4.74 Å². The lowest BCUT2D eigenvalue weighted by atomic mass is 10.1. The molecule has 6 heteroatoms. The maximum Gasteiger partial charge on any atom is 0.343 e. The fourth-order valence-corrected chi connectivity index (χ4v) is 3.25. The summed E-state index contributed by atoms with van der Waals surface area (Å²) in [6.45, 7) is 8.01. The van der Waals surface area contributed by atoms with Gasteiger partial charge in [-0.05, 0) is 44.2 Å². The Bertz CT molecular complexity index is 836. The van der Waals surface area contributed by atoms with Gasteiger partial charge in [-0.15, -0.1) is 0 Å². The van der Waals surface area contributed by atoms with Crippen LogP contribution >= 0.6 is 0 Å². The first kappa shape index (κ1) is 17.5. The largest absolute Gasteiger partial charge is 0.462 e. The van der Waals surface area contributed by atoms with E-state index >= 15 is 0 Å². The van der Waals surface area contributed by atoms with Gasteiger partial charge in [0.1, 0.15) is 5.56 Å². The summed E-state index contributed by atoms with van der Waals surface area (Å²) in [5.41, 5.74) is 2.72. The van der Waals surface area contributed by atoms with Crippen LogP contribution in [0.3, 0.4) is 0 Å². The molecule has 0 unspecified atom stereocenters. The second kappa shape index (κ2) is 7.27. The van der Waals surface area contributed by atoms with Gasteiger partial charge in [-0.25, -0.2) is 4.79 Å². The Labute approximate surface area is 147 Å². The van der Waals surface area contributed by atoms with Crippen molar-refractivity contribution < 1.29 is 9.53 Å². The number of rotatable bonds is 4. The molecule has 0 N–H and O–H groups in total. The number of ether oxygens (including phenoxy) is 1. The molecule has 3 heterocycles. The minimum absolute atomic E-state index is 0.101. The van der Waals surface area contributed by atoms with Gasteiger partial charge < -0.3 is 14.5 Å². The molecule has 2 aromatic rings. The van der Waals surface area contributed by atoms with Crippen LogP contribution in [0.4, 0.5) is 5.69 Å². The molecule has 0 spiro atoms. The van der Waals surface area contributed by atoms with E-state index in [1.54, 1.807) is 23.6 Å². The minimum Gasteiger partial charge on any atom is -0.462 e. The van der Waals surface area contributed by atoms with Crippen LogP contribution in [-0.2, 0) is 11.2 Å². The average molecular weight is 343 g/mol. The molecule has 0 saturated carbocycles. The fraction of sp³-hybridized carbons (Fsp3) is 0.474. The van der Waals surface area contributed by atoms with Crippen LogP contribution < -0.4 is 10.5 Å². The molecule has 0 aliphatic carbocycles. The van der Waals surface area contributed by atoms with Crippen molar-refractivity contribution in [1.29, 1.82) is 0 Å². The Morgan fingerprint density at radius 3 is 2.52 bits per heavy atom. The molecule has 0 radical (unpaired) electrons. The van der Waals surface area contributed by atoms with Crippen LogP contribution in [0, 0.1) is 0 Å². The van der Waals surface area contributed by atoms with Crippen LogP contribution in [-0.4, -0.2) is 55.1 Å². The van der Waals surface area contributed by atoms with E-state index in [-0.39, 0.29) is 17.7 Å². The smallest absolute Gasteiger partial charge is 0.343 e. The van der Waals surface area contributed by atoms with Crippen LogP contribution in [0.5, 0.6) is 0 Å². The molecular formula is C19H25N3O3. The monoisotopic (exact) mass is 343 g/mol. The fourth-order valence-electron chi connectivity index (χ4n) is 3.25. The van der Waals surface area contributed by atoms with Crippen LogP contribution in [0.1, 0.15) is 29.8 Å². The van der Waals surface area contributed by atoms with Crippen molar-refractivity contribution in [2.45, 2.75) is 20.3 Å². The summed E-state index contributed by atoms with van der Waals surface area (Å²) in [5.74, 6) is -0.556. The van der Waals surface area contributed by atoms with Gasteiger partial charge >= 0.3 is 5.97 Å². The standard InChI is InChI=1S/C19H25N3O3/c1-4-14-12-16(19(24)25-5-2)18(23)22-7-6-15(13-17(14)22)21-10-8-20(3)9-11-21/h6-7,12-13H,4-5,8-11H2,1-3H3. The van der Waals surface area contributed by atoms with Crippen molar-refractivity contribution in [3.63, 3.8) is 0 Å². The first-order chi connectivity index (χ1) is 12.0. The van der Waals surface area contributed by atoms with E-state index in [9.17, 15) is 9.59 Å². The molecule has 1 fully saturated rings. The van der Waals surface area contributed by atoms with Crippen molar-refractivity contribution in [3.8, 4) is 0 Å². The maximum absolute atomic E-state index is 12.7. The zero-order valence-electron chi connectivity index (χ0n) is 15.1. The van der Waals surface area contributed by atoms with E-state index in [1.807, 2.05) is 13.0 Å². The number of aryl methyl sites for hydroxylation is 1. The number of aromatic nitrogens is 1. The molecule has 25 heavy (non-hydrogen) atoms. The number of likely N-dealkylation sites (N-methyl/N-ethyl adjacent to an activating group) is 1. The first-order valence-electron chi connectivity index (χ1n) is 8.84. The number of anilines is 1. The van der Waals surface area contributed by atoms with Gasteiger partial charge in [0.2, 0.25) is 0 Å². The Morgan fingerprint density at radius 1 is 1.16 bits per heavy atom. The third kappa shape index (κ3) is 3.39. The highest BCUT2D eigenvalue weighted by atomic mass is 16.5. The zero-order chi connectivity index (χ0) is 18.0. The highest BCUT2D eigenvalue weighted by Crippen LogP contribution is 2.21. The number of esters is 1. The van der Waals surface area contributed by atoms with Gasteiger partial charge in [-0.3, -0.25) is 9.20 Å². The number of hydrogen-bond acceptors (Lipinski definition) is 5. The number of carbonyl (C=O) groups is 1. The van der Waals surface area contributed by atoms with Gasteiger partial charge in [0.05, 0.1) is 12.1 Å². The third-order valence-electron chi connectivity index (χ3n) is 4.78. The topological polar surface area (TPSA) is 54.3 Å². The van der Waals surface area contributed by atoms with Gasteiger partial charge in [-0.1, -0.05) is 6.92 Å². The number of pyridine rings is 2. The van der Waals surface area contributed by atoms with Crippen molar-refractivity contribution in [2.75, 3.05) is 44.7 Å². The van der Waals surface area contributed by atoms with Gasteiger partial charge in [0.15, 0.2) is 0 Å². The molecule has 2 aromatic heterocycles. The van der Waals surface area contributed by atoms with Gasteiger partial charge in [0, 0.05) is 38.1 Å². The average Bonchev–Trinajstić information content (AvgIpc) is 2.62. The Hall–Kier alpha value is -2.34. The number of carbonyl (C=O) groups excluding carboxylic acids is 1. The predicted octanol–water partition coefficient (Wildman–Crippen LogP) is 1.79. The SMILES string of the molecule is CCOC(=O)c1cc(CC)c2cc(N3CCN(C)CC3)ccn2c1=O.